The largest absolute Gasteiger partial charge is 0.369 e. The van der Waals surface area contributed by atoms with Crippen LogP contribution in [0.1, 0.15) is 11.1 Å². The predicted octanol–water partition coefficient (Wildman–Crippen LogP) is 3.08. The number of amides is 1. The van der Waals surface area contributed by atoms with Gasteiger partial charge in [0.05, 0.1) is 21.7 Å². The van der Waals surface area contributed by atoms with Crippen molar-refractivity contribution in [3.63, 3.8) is 0 Å². The second kappa shape index (κ2) is 8.57. The maximum absolute atomic E-state index is 12.5. The molecule has 0 aliphatic carbocycles. The molecule has 0 saturated carbocycles. The molecule has 1 aromatic heterocycles. The number of hydrogen-bond donors (Lipinski definition) is 1. The first kappa shape index (κ1) is 21.7. The maximum atomic E-state index is 12.5. The lowest BCUT2D eigenvalue weighted by Gasteiger charge is -2.36. The molecule has 0 spiro atoms. The van der Waals surface area contributed by atoms with Crippen molar-refractivity contribution >= 4 is 48.1 Å². The number of thiazole rings is 1. The minimum atomic E-state index is -3.28. The molecule has 1 fully saturated rings. The van der Waals surface area contributed by atoms with Crippen LogP contribution in [0, 0.1) is 13.8 Å². The third-order valence-corrected chi connectivity index (χ3v) is 7.73. The summed E-state index contributed by atoms with van der Waals surface area (Å²) in [5.41, 5.74) is 4.55. The number of carbonyl (C=O) groups is 1. The number of nitrogens with one attached hydrogen (secondary N) is 1. The van der Waals surface area contributed by atoms with E-state index >= 15 is 0 Å². The normalized spacial score (nSPS) is 15.4. The summed E-state index contributed by atoms with van der Waals surface area (Å²) >= 11 is 1.28. The Balaban J connectivity index is 1.35. The highest BCUT2D eigenvalue weighted by Gasteiger charge is 2.21. The van der Waals surface area contributed by atoms with Crippen molar-refractivity contribution in [1.29, 1.82) is 0 Å². The van der Waals surface area contributed by atoms with Crippen LogP contribution in [0.3, 0.4) is 0 Å². The van der Waals surface area contributed by atoms with E-state index in [1.807, 2.05) is 0 Å². The first-order valence-corrected chi connectivity index (χ1v) is 12.9. The monoisotopic (exact) mass is 458 g/mol. The summed E-state index contributed by atoms with van der Waals surface area (Å²) in [6.07, 6.45) is 1.18. The topological polar surface area (TPSA) is 82.6 Å². The summed E-state index contributed by atoms with van der Waals surface area (Å²) in [4.78, 5) is 21.7. The molecule has 3 aromatic rings. The molecule has 1 saturated heterocycles. The van der Waals surface area contributed by atoms with Gasteiger partial charge in [0.1, 0.15) is 0 Å². The highest BCUT2D eigenvalue weighted by Crippen LogP contribution is 2.28. The summed E-state index contributed by atoms with van der Waals surface area (Å²) in [5.74, 6) is -0.109. The first-order chi connectivity index (χ1) is 14.7. The molecule has 0 radical (unpaired) electrons. The van der Waals surface area contributed by atoms with Gasteiger partial charge in [0, 0.05) is 38.1 Å². The van der Waals surface area contributed by atoms with Gasteiger partial charge in [-0.3, -0.25) is 9.69 Å². The van der Waals surface area contributed by atoms with Crippen molar-refractivity contribution < 1.29 is 13.2 Å². The Morgan fingerprint density at radius 1 is 1.13 bits per heavy atom. The second-order valence-corrected chi connectivity index (χ2v) is 11.0. The quantitative estimate of drug-likeness (QED) is 0.633. The molecule has 0 atom stereocenters. The van der Waals surface area contributed by atoms with E-state index in [0.717, 1.165) is 30.9 Å². The van der Waals surface area contributed by atoms with Crippen LogP contribution in [0.2, 0.25) is 0 Å². The Morgan fingerprint density at radius 2 is 1.87 bits per heavy atom. The minimum absolute atomic E-state index is 0.109. The number of carbonyl (C=O) groups excluding carboxylic acids is 1. The smallest absolute Gasteiger partial charge is 0.240 e. The standard InChI is InChI=1S/C22H26N4O3S2/c1-15-5-4-6-19(16(15)2)26-11-9-25(10-12-26)14-21(27)24-22-23-18-8-7-17(31(3,28)29)13-20(18)30-22/h4-8,13H,9-12,14H2,1-3H3,(H,23,24,27). The molecule has 1 N–H and O–H groups in total. The highest BCUT2D eigenvalue weighted by molar-refractivity contribution is 7.90. The van der Waals surface area contributed by atoms with E-state index in [2.05, 4.69) is 52.1 Å². The van der Waals surface area contributed by atoms with Gasteiger partial charge in [-0.25, -0.2) is 13.4 Å². The molecule has 1 amide bonds. The van der Waals surface area contributed by atoms with E-state index < -0.39 is 9.84 Å². The van der Waals surface area contributed by atoms with Crippen LogP contribution in [-0.2, 0) is 14.6 Å². The van der Waals surface area contributed by atoms with Gasteiger partial charge in [-0.2, -0.15) is 0 Å². The van der Waals surface area contributed by atoms with Crippen LogP contribution in [0.25, 0.3) is 10.2 Å². The van der Waals surface area contributed by atoms with Gasteiger partial charge in [0.15, 0.2) is 15.0 Å². The molecule has 7 nitrogen and oxygen atoms in total. The van der Waals surface area contributed by atoms with Crippen molar-refractivity contribution in [3.05, 3.63) is 47.5 Å². The lowest BCUT2D eigenvalue weighted by atomic mass is 10.1. The number of nitrogens with zero attached hydrogens (tertiary/aromatic N) is 3. The Morgan fingerprint density at radius 3 is 2.58 bits per heavy atom. The molecule has 2 heterocycles. The lowest BCUT2D eigenvalue weighted by molar-refractivity contribution is -0.117. The average Bonchev–Trinajstić information content (AvgIpc) is 3.11. The minimum Gasteiger partial charge on any atom is -0.369 e. The third kappa shape index (κ3) is 4.89. The number of piperazine rings is 1. The molecule has 1 aliphatic heterocycles. The zero-order valence-corrected chi connectivity index (χ0v) is 19.5. The number of benzene rings is 2. The van der Waals surface area contributed by atoms with Gasteiger partial charge in [-0.15, -0.1) is 0 Å². The first-order valence-electron chi connectivity index (χ1n) is 10.1. The second-order valence-electron chi connectivity index (χ2n) is 7.95. The van der Waals surface area contributed by atoms with Crippen LogP contribution in [0.15, 0.2) is 41.3 Å². The molecule has 0 unspecified atom stereocenters. The van der Waals surface area contributed by atoms with E-state index in [0.29, 0.717) is 17.2 Å². The van der Waals surface area contributed by atoms with Crippen LogP contribution >= 0.6 is 11.3 Å². The van der Waals surface area contributed by atoms with Gasteiger partial charge in [0.2, 0.25) is 5.91 Å². The zero-order valence-electron chi connectivity index (χ0n) is 17.9. The van der Waals surface area contributed by atoms with Gasteiger partial charge >= 0.3 is 0 Å². The number of anilines is 2. The van der Waals surface area contributed by atoms with Crippen molar-refractivity contribution in [3.8, 4) is 0 Å². The Kier molecular flexibility index (Phi) is 6.00. The molecular weight excluding hydrogens is 432 g/mol. The van der Waals surface area contributed by atoms with E-state index in [-0.39, 0.29) is 10.8 Å². The Labute approximate surface area is 186 Å². The lowest BCUT2D eigenvalue weighted by Crippen LogP contribution is -2.48. The molecular formula is C22H26N4O3S2. The molecule has 0 bridgehead atoms. The predicted molar refractivity (Wildman–Crippen MR) is 126 cm³/mol. The summed E-state index contributed by atoms with van der Waals surface area (Å²) < 4.78 is 24.2. The van der Waals surface area contributed by atoms with Crippen molar-refractivity contribution in [2.24, 2.45) is 0 Å². The van der Waals surface area contributed by atoms with E-state index in [4.69, 9.17) is 0 Å². The fourth-order valence-corrected chi connectivity index (χ4v) is 5.42. The summed E-state index contributed by atoms with van der Waals surface area (Å²) in [6.45, 7) is 7.99. The molecule has 31 heavy (non-hydrogen) atoms. The van der Waals surface area contributed by atoms with Crippen LogP contribution in [-0.4, -0.2) is 63.2 Å². The molecule has 9 heteroatoms. The van der Waals surface area contributed by atoms with Gasteiger partial charge in [-0.05, 0) is 49.2 Å². The van der Waals surface area contributed by atoms with Crippen LogP contribution < -0.4 is 10.2 Å². The molecule has 2 aromatic carbocycles. The zero-order chi connectivity index (χ0) is 22.2. The van der Waals surface area contributed by atoms with E-state index in [9.17, 15) is 13.2 Å². The summed E-state index contributed by atoms with van der Waals surface area (Å²) in [6, 6.07) is 11.2. The molecule has 1 aliphatic rings. The highest BCUT2D eigenvalue weighted by atomic mass is 32.2. The van der Waals surface area contributed by atoms with E-state index in [1.54, 1.807) is 18.2 Å². The number of sulfone groups is 1. The number of hydrogen-bond acceptors (Lipinski definition) is 7. The maximum Gasteiger partial charge on any atom is 0.240 e. The van der Waals surface area contributed by atoms with Gasteiger partial charge in [0.25, 0.3) is 0 Å². The van der Waals surface area contributed by atoms with E-state index in [1.165, 1.54) is 34.4 Å². The average molecular weight is 459 g/mol. The SMILES string of the molecule is Cc1cccc(N2CCN(CC(=O)Nc3nc4ccc(S(C)(=O)=O)cc4s3)CC2)c1C. The van der Waals surface area contributed by atoms with Gasteiger partial charge < -0.3 is 10.2 Å². The number of aromatic nitrogens is 1. The summed E-state index contributed by atoms with van der Waals surface area (Å²) in [7, 11) is -3.28. The number of fused-ring (bicyclic) bond motifs is 1. The fraction of sp³-hybridized carbons (Fsp3) is 0.364. The summed E-state index contributed by atoms with van der Waals surface area (Å²) in [5, 5.41) is 3.35. The van der Waals surface area contributed by atoms with Crippen molar-refractivity contribution in [2.45, 2.75) is 18.7 Å². The Bertz CT molecular complexity index is 1230. The molecule has 164 valence electrons. The fourth-order valence-electron chi connectivity index (χ4n) is 3.78. The molecule has 4 rings (SSSR count). The number of aryl methyl sites for hydroxylation is 1. The van der Waals surface area contributed by atoms with Gasteiger partial charge in [-0.1, -0.05) is 23.5 Å². The van der Waals surface area contributed by atoms with Crippen molar-refractivity contribution in [1.82, 2.24) is 9.88 Å². The number of rotatable bonds is 5. The van der Waals surface area contributed by atoms with Crippen LogP contribution in [0.5, 0.6) is 0 Å². The van der Waals surface area contributed by atoms with Crippen molar-refractivity contribution in [2.75, 3.05) is 49.2 Å². The Hall–Kier alpha value is -2.49. The third-order valence-electron chi connectivity index (χ3n) is 5.69. The van der Waals surface area contributed by atoms with Crippen LogP contribution in [0.4, 0.5) is 10.8 Å².